The normalized spacial score (nSPS) is 14.4. The van der Waals surface area contributed by atoms with Gasteiger partial charge < -0.3 is 10.3 Å². The van der Waals surface area contributed by atoms with Crippen LogP contribution in [0.4, 0.5) is 4.39 Å². The van der Waals surface area contributed by atoms with Crippen molar-refractivity contribution in [1.82, 2.24) is 15.3 Å². The molecule has 0 amide bonds. The second-order valence-electron chi connectivity index (χ2n) is 5.17. The molecule has 2 aromatic rings. The van der Waals surface area contributed by atoms with Crippen molar-refractivity contribution in [2.45, 2.75) is 42.4 Å². The van der Waals surface area contributed by atoms with E-state index in [-0.39, 0.29) is 11.4 Å². The standard InChI is InChI=1S/C15H16FN3OS/c1-9-7-14(20)19-15(18-9)21-13-4-2-3-12(16)11(13)8-17-10-5-6-10/h2-4,7,10,17H,5-6,8H2,1H3,(H,18,19,20). The molecule has 1 heterocycles. The molecule has 0 saturated heterocycles. The fourth-order valence-corrected chi connectivity index (χ4v) is 3.03. The second-order valence-corrected chi connectivity index (χ2v) is 6.20. The minimum Gasteiger partial charge on any atom is -0.310 e. The lowest BCUT2D eigenvalue weighted by atomic mass is 10.2. The molecule has 3 rings (SSSR count). The lowest BCUT2D eigenvalue weighted by Crippen LogP contribution is -2.17. The zero-order valence-corrected chi connectivity index (χ0v) is 12.5. The Labute approximate surface area is 126 Å². The zero-order valence-electron chi connectivity index (χ0n) is 11.6. The highest BCUT2D eigenvalue weighted by atomic mass is 32.2. The molecule has 0 aliphatic heterocycles. The summed E-state index contributed by atoms with van der Waals surface area (Å²) in [5, 5.41) is 3.80. The first-order chi connectivity index (χ1) is 10.1. The van der Waals surface area contributed by atoms with Crippen LogP contribution in [0.2, 0.25) is 0 Å². The quantitative estimate of drug-likeness (QED) is 0.834. The number of aromatic nitrogens is 2. The number of halogens is 1. The molecule has 0 unspecified atom stereocenters. The molecule has 0 radical (unpaired) electrons. The highest BCUT2D eigenvalue weighted by molar-refractivity contribution is 7.99. The molecule has 1 saturated carbocycles. The molecule has 21 heavy (non-hydrogen) atoms. The lowest BCUT2D eigenvalue weighted by molar-refractivity contribution is 0.579. The number of rotatable bonds is 5. The van der Waals surface area contributed by atoms with Gasteiger partial charge in [0, 0.05) is 34.8 Å². The fraction of sp³-hybridized carbons (Fsp3) is 0.333. The monoisotopic (exact) mass is 305 g/mol. The van der Waals surface area contributed by atoms with Crippen molar-refractivity contribution in [2.24, 2.45) is 0 Å². The molecule has 2 N–H and O–H groups in total. The van der Waals surface area contributed by atoms with Crippen molar-refractivity contribution in [1.29, 1.82) is 0 Å². The number of benzene rings is 1. The van der Waals surface area contributed by atoms with E-state index in [4.69, 9.17) is 0 Å². The smallest absolute Gasteiger partial charge is 0.251 e. The van der Waals surface area contributed by atoms with Crippen LogP contribution in [0.1, 0.15) is 24.1 Å². The number of aryl methyl sites for hydroxylation is 1. The van der Waals surface area contributed by atoms with Gasteiger partial charge in [0.25, 0.3) is 5.56 Å². The summed E-state index contributed by atoms with van der Waals surface area (Å²) in [4.78, 5) is 19.2. The number of aromatic amines is 1. The molecule has 0 spiro atoms. The molecule has 1 aromatic carbocycles. The van der Waals surface area contributed by atoms with E-state index in [2.05, 4.69) is 15.3 Å². The largest absolute Gasteiger partial charge is 0.310 e. The minimum atomic E-state index is -0.233. The van der Waals surface area contributed by atoms with E-state index in [1.165, 1.54) is 23.9 Å². The first-order valence-electron chi connectivity index (χ1n) is 6.88. The maximum atomic E-state index is 14.0. The summed E-state index contributed by atoms with van der Waals surface area (Å²) < 4.78 is 14.0. The van der Waals surface area contributed by atoms with Gasteiger partial charge in [-0.05, 0) is 31.9 Å². The summed E-state index contributed by atoms with van der Waals surface area (Å²) in [6, 6.07) is 6.93. The van der Waals surface area contributed by atoms with Gasteiger partial charge in [-0.1, -0.05) is 17.8 Å². The van der Waals surface area contributed by atoms with E-state index >= 15 is 0 Å². The Kier molecular flexibility index (Phi) is 4.07. The first kappa shape index (κ1) is 14.3. The molecular weight excluding hydrogens is 289 g/mol. The number of hydrogen-bond acceptors (Lipinski definition) is 4. The van der Waals surface area contributed by atoms with Crippen molar-refractivity contribution < 1.29 is 4.39 Å². The molecule has 6 heteroatoms. The van der Waals surface area contributed by atoms with Crippen LogP contribution in [0.5, 0.6) is 0 Å². The van der Waals surface area contributed by atoms with E-state index in [9.17, 15) is 9.18 Å². The summed E-state index contributed by atoms with van der Waals surface area (Å²) >= 11 is 1.28. The third-order valence-corrected chi connectivity index (χ3v) is 4.26. The van der Waals surface area contributed by atoms with Gasteiger partial charge in [-0.15, -0.1) is 0 Å². The number of hydrogen-bond donors (Lipinski definition) is 2. The molecule has 110 valence electrons. The Morgan fingerprint density at radius 3 is 3.00 bits per heavy atom. The number of nitrogens with zero attached hydrogens (tertiary/aromatic N) is 1. The third kappa shape index (κ3) is 3.71. The maximum absolute atomic E-state index is 14.0. The van der Waals surface area contributed by atoms with Crippen LogP contribution in [-0.4, -0.2) is 16.0 Å². The Morgan fingerprint density at radius 2 is 2.29 bits per heavy atom. The van der Waals surface area contributed by atoms with Crippen molar-refractivity contribution in [2.75, 3.05) is 0 Å². The molecular formula is C15H16FN3OS. The zero-order chi connectivity index (χ0) is 14.8. The van der Waals surface area contributed by atoms with Crippen molar-refractivity contribution in [3.63, 3.8) is 0 Å². The van der Waals surface area contributed by atoms with Crippen LogP contribution in [0.15, 0.2) is 39.1 Å². The van der Waals surface area contributed by atoms with E-state index in [1.807, 2.05) is 6.07 Å². The predicted molar refractivity (Wildman–Crippen MR) is 80.0 cm³/mol. The summed E-state index contributed by atoms with van der Waals surface area (Å²) in [7, 11) is 0. The van der Waals surface area contributed by atoms with Gasteiger partial charge in [0.2, 0.25) is 0 Å². The summed E-state index contributed by atoms with van der Waals surface area (Å²) in [5.41, 5.74) is 1.08. The molecule has 1 aliphatic rings. The van der Waals surface area contributed by atoms with Crippen molar-refractivity contribution in [3.8, 4) is 0 Å². The van der Waals surface area contributed by atoms with Crippen LogP contribution in [0.25, 0.3) is 0 Å². The topological polar surface area (TPSA) is 57.8 Å². The van der Waals surface area contributed by atoms with Crippen LogP contribution in [0.3, 0.4) is 0 Å². The third-order valence-electron chi connectivity index (χ3n) is 3.28. The van der Waals surface area contributed by atoms with Gasteiger partial charge in [0.1, 0.15) is 5.82 Å². The lowest BCUT2D eigenvalue weighted by Gasteiger charge is -2.10. The van der Waals surface area contributed by atoms with Crippen LogP contribution in [-0.2, 0) is 6.54 Å². The fourth-order valence-electron chi connectivity index (χ4n) is 2.04. The average Bonchev–Trinajstić information content (AvgIpc) is 3.21. The summed E-state index contributed by atoms with van der Waals surface area (Å²) in [6.45, 7) is 2.26. The maximum Gasteiger partial charge on any atom is 0.251 e. The van der Waals surface area contributed by atoms with Gasteiger partial charge in [-0.2, -0.15) is 0 Å². The Hall–Kier alpha value is -1.66. The molecule has 1 fully saturated rings. The van der Waals surface area contributed by atoms with E-state index in [0.29, 0.717) is 29.0 Å². The Balaban J connectivity index is 1.86. The number of nitrogens with one attached hydrogen (secondary N) is 2. The minimum absolute atomic E-state index is 0.195. The van der Waals surface area contributed by atoms with Crippen LogP contribution in [0, 0.1) is 12.7 Å². The summed E-state index contributed by atoms with van der Waals surface area (Å²) in [6.07, 6.45) is 2.31. The first-order valence-corrected chi connectivity index (χ1v) is 7.70. The molecule has 0 bridgehead atoms. The number of H-pyrrole nitrogens is 1. The Bertz CT molecular complexity index is 712. The van der Waals surface area contributed by atoms with E-state index in [0.717, 1.165) is 17.7 Å². The predicted octanol–water partition coefficient (Wildman–Crippen LogP) is 2.62. The van der Waals surface area contributed by atoms with Crippen LogP contribution >= 0.6 is 11.8 Å². The second kappa shape index (κ2) is 5.99. The summed E-state index contributed by atoms with van der Waals surface area (Å²) in [5.74, 6) is -0.233. The van der Waals surface area contributed by atoms with Gasteiger partial charge in [0.05, 0.1) is 0 Å². The Morgan fingerprint density at radius 1 is 1.48 bits per heavy atom. The van der Waals surface area contributed by atoms with Crippen LogP contribution < -0.4 is 10.9 Å². The highest BCUT2D eigenvalue weighted by Crippen LogP contribution is 2.30. The average molecular weight is 305 g/mol. The van der Waals surface area contributed by atoms with Gasteiger partial charge in [-0.25, -0.2) is 9.37 Å². The van der Waals surface area contributed by atoms with Crippen molar-refractivity contribution in [3.05, 3.63) is 51.7 Å². The van der Waals surface area contributed by atoms with Gasteiger partial charge in [0.15, 0.2) is 5.16 Å². The molecule has 0 atom stereocenters. The molecule has 1 aromatic heterocycles. The van der Waals surface area contributed by atoms with E-state index < -0.39 is 0 Å². The SMILES string of the molecule is Cc1cc(=O)[nH]c(Sc2cccc(F)c2CNC2CC2)n1. The molecule has 4 nitrogen and oxygen atoms in total. The van der Waals surface area contributed by atoms with Crippen molar-refractivity contribution >= 4 is 11.8 Å². The molecule has 1 aliphatic carbocycles. The highest BCUT2D eigenvalue weighted by Gasteiger charge is 2.21. The van der Waals surface area contributed by atoms with E-state index in [1.54, 1.807) is 13.0 Å². The van der Waals surface area contributed by atoms with Gasteiger partial charge >= 0.3 is 0 Å². The van der Waals surface area contributed by atoms with Gasteiger partial charge in [-0.3, -0.25) is 4.79 Å².